The van der Waals surface area contributed by atoms with Crippen molar-refractivity contribution in [3.8, 4) is 28.5 Å². The van der Waals surface area contributed by atoms with Crippen LogP contribution in [0.25, 0.3) is 50.3 Å². The highest BCUT2D eigenvalue weighted by atomic mass is 15.2. The second-order valence-corrected chi connectivity index (χ2v) is 15.9. The van der Waals surface area contributed by atoms with Gasteiger partial charge in [-0.1, -0.05) is 119 Å². The first-order valence-electron chi connectivity index (χ1n) is 18.0. The fourth-order valence-electron chi connectivity index (χ4n) is 10.3. The molecular weight excluding hydrogens is 599 g/mol. The predicted octanol–water partition coefficient (Wildman–Crippen LogP) is 10.7. The van der Waals surface area contributed by atoms with Gasteiger partial charge in [0, 0.05) is 56.1 Å². The summed E-state index contributed by atoms with van der Waals surface area (Å²) in [4.78, 5) is 6.36. The second-order valence-electron chi connectivity index (χ2n) is 15.9. The molecule has 2 unspecified atom stereocenters. The van der Waals surface area contributed by atoms with Crippen molar-refractivity contribution in [1.29, 1.82) is 0 Å². The van der Waals surface area contributed by atoms with Crippen molar-refractivity contribution in [3.63, 3.8) is 0 Å². The molecule has 1 aliphatic carbocycles. The number of anilines is 2. The van der Waals surface area contributed by atoms with Crippen LogP contribution in [0.5, 0.6) is 0 Å². The fourth-order valence-corrected chi connectivity index (χ4v) is 10.3. The third kappa shape index (κ3) is 3.45. The number of aromatic amines is 1. The summed E-state index contributed by atoms with van der Waals surface area (Å²) in [6, 6.07) is 36.9. The van der Waals surface area contributed by atoms with Crippen LogP contribution in [0.15, 0.2) is 97.1 Å². The topological polar surface area (TPSA) is 49.7 Å². The molecule has 2 atom stereocenters. The Labute approximate surface area is 286 Å². The zero-order valence-electron chi connectivity index (χ0n) is 28.5. The molecule has 0 bridgehead atoms. The molecule has 5 heterocycles. The molecule has 1 N–H and O–H groups in total. The van der Waals surface area contributed by atoms with Crippen LogP contribution in [-0.2, 0) is 10.8 Å². The lowest BCUT2D eigenvalue weighted by Crippen LogP contribution is -2.38. The Morgan fingerprint density at radius 1 is 0.633 bits per heavy atom. The Kier molecular flexibility index (Phi) is 5.26. The maximum absolute atomic E-state index is 4.76. The van der Waals surface area contributed by atoms with Crippen molar-refractivity contribution < 1.29 is 0 Å². The average molecular weight is 638 g/mol. The van der Waals surface area contributed by atoms with E-state index < -0.39 is 0 Å². The van der Waals surface area contributed by atoms with Crippen LogP contribution in [0.1, 0.15) is 87.1 Å². The Morgan fingerprint density at radius 3 is 2.10 bits per heavy atom. The van der Waals surface area contributed by atoms with Crippen LogP contribution in [0, 0.1) is 0 Å². The summed E-state index contributed by atoms with van der Waals surface area (Å²) in [5.41, 5.74) is 15.6. The van der Waals surface area contributed by atoms with Gasteiger partial charge in [0.2, 0.25) is 0 Å². The van der Waals surface area contributed by atoms with E-state index in [9.17, 15) is 0 Å². The Morgan fingerprint density at radius 2 is 1.29 bits per heavy atom. The molecule has 5 nitrogen and oxygen atoms in total. The number of rotatable bonds is 2. The molecule has 11 rings (SSSR count). The number of hydrogen-bond donors (Lipinski definition) is 1. The maximum atomic E-state index is 4.76. The van der Waals surface area contributed by atoms with Crippen LogP contribution >= 0.6 is 0 Å². The number of hydrogen-bond acceptors (Lipinski definition) is 3. The number of nitrogens with zero attached hydrogens (tertiary/aromatic N) is 4. The summed E-state index contributed by atoms with van der Waals surface area (Å²) in [6.45, 7) is 9.49. The van der Waals surface area contributed by atoms with Crippen LogP contribution in [0.4, 0.5) is 11.4 Å². The minimum Gasteiger partial charge on any atom is -0.337 e. The molecule has 2 aromatic heterocycles. The van der Waals surface area contributed by atoms with Crippen molar-refractivity contribution in [2.75, 3.05) is 4.90 Å². The van der Waals surface area contributed by atoms with E-state index in [-0.39, 0.29) is 10.8 Å². The van der Waals surface area contributed by atoms with E-state index in [2.05, 4.69) is 139 Å². The fraction of sp³-hybridized carbons (Fsp3) is 0.273. The van der Waals surface area contributed by atoms with Gasteiger partial charge in [-0.25, -0.2) is 0 Å². The van der Waals surface area contributed by atoms with Crippen LogP contribution in [-0.4, -0.2) is 25.8 Å². The summed E-state index contributed by atoms with van der Waals surface area (Å²) in [6.07, 6.45) is 5.16. The third-order valence-electron chi connectivity index (χ3n) is 12.7. The normalized spacial score (nSPS) is 20.6. The van der Waals surface area contributed by atoms with E-state index in [1.807, 2.05) is 0 Å². The zero-order valence-corrected chi connectivity index (χ0v) is 28.5. The van der Waals surface area contributed by atoms with E-state index in [4.69, 9.17) is 10.2 Å². The summed E-state index contributed by atoms with van der Waals surface area (Å²) >= 11 is 0. The summed E-state index contributed by atoms with van der Waals surface area (Å²) in [7, 11) is 0. The number of H-pyrrole nitrogens is 1. The van der Waals surface area contributed by atoms with Crippen LogP contribution < -0.4 is 4.90 Å². The lowest BCUT2D eigenvalue weighted by molar-refractivity contribution is 0.400. The van der Waals surface area contributed by atoms with Gasteiger partial charge in [-0.05, 0) is 58.9 Å². The van der Waals surface area contributed by atoms with Crippen molar-refractivity contribution >= 4 is 33.2 Å². The molecule has 0 amide bonds. The molecule has 0 radical (unpaired) electrons. The first-order valence-corrected chi connectivity index (χ1v) is 18.0. The lowest BCUT2D eigenvalue weighted by atomic mass is 9.73. The van der Waals surface area contributed by atoms with Crippen molar-refractivity contribution in [3.05, 3.63) is 125 Å². The number of aromatic nitrogens is 4. The maximum Gasteiger partial charge on any atom is 0.161 e. The molecule has 1 saturated carbocycles. The molecule has 3 aliphatic heterocycles. The minimum atomic E-state index is -0.132. The standard InChI is InChI=1S/C44H39N5/c1-43(2)31-21-19-25(23-37(31)48-35-17-7-5-11-27(35)29-13-9-15-33(43)39(29)48)41-45-42(47-46-41)26-20-22-32-38(24-26)49-36-18-8-6-12-28(36)30-14-10-16-34(40(30)49)44(32,3)4/h5,7,9-11,13-17,19-24,28,36H,6,8,12,18H2,1-4H3,(H,45,46,47). The number of para-hydroxylation sites is 3. The molecule has 49 heavy (non-hydrogen) atoms. The quantitative estimate of drug-likeness (QED) is 0.205. The van der Waals surface area contributed by atoms with Gasteiger partial charge in [-0.15, -0.1) is 10.2 Å². The van der Waals surface area contributed by atoms with Gasteiger partial charge in [0.15, 0.2) is 11.6 Å². The molecule has 240 valence electrons. The van der Waals surface area contributed by atoms with Crippen molar-refractivity contribution in [2.24, 2.45) is 0 Å². The number of benzene rings is 5. The average Bonchev–Trinajstić information content (AvgIpc) is 3.84. The van der Waals surface area contributed by atoms with Gasteiger partial charge < -0.3 is 14.5 Å². The van der Waals surface area contributed by atoms with Crippen LogP contribution in [0.3, 0.4) is 0 Å². The second kappa shape index (κ2) is 9.29. The van der Waals surface area contributed by atoms with Gasteiger partial charge >= 0.3 is 0 Å². The van der Waals surface area contributed by atoms with Gasteiger partial charge in [-0.2, -0.15) is 0 Å². The first kappa shape index (κ1) is 27.8. The van der Waals surface area contributed by atoms with Gasteiger partial charge in [-0.3, -0.25) is 0 Å². The molecule has 1 fully saturated rings. The van der Waals surface area contributed by atoms with Crippen molar-refractivity contribution in [1.82, 2.24) is 19.7 Å². The summed E-state index contributed by atoms with van der Waals surface area (Å²) in [5, 5.41) is 12.1. The Balaban J connectivity index is 1.04. The SMILES string of the molecule is CC1(C)c2ccc(-c3nnc(-c4ccc5c(c4)-n4c6ccccc6c6cccc(c64)C5(C)C)[nH]3)cc2N2c3c(cccc31)C1CCCCC12. The number of fused-ring (bicyclic) bond motifs is 10. The Hall–Kier alpha value is -5.16. The third-order valence-corrected chi connectivity index (χ3v) is 12.7. The minimum absolute atomic E-state index is 0.0701. The predicted molar refractivity (Wildman–Crippen MR) is 199 cm³/mol. The van der Waals surface area contributed by atoms with E-state index in [1.54, 1.807) is 5.56 Å². The molecule has 0 spiro atoms. The first-order chi connectivity index (χ1) is 23.8. The van der Waals surface area contributed by atoms with Crippen molar-refractivity contribution in [2.45, 2.75) is 76.2 Å². The van der Waals surface area contributed by atoms with E-state index in [0.29, 0.717) is 12.0 Å². The molecule has 0 saturated heterocycles. The molecule has 5 heteroatoms. The molecule has 7 aromatic rings. The van der Waals surface area contributed by atoms with E-state index >= 15 is 0 Å². The summed E-state index contributed by atoms with van der Waals surface area (Å²) in [5.74, 6) is 2.22. The Bertz CT molecular complexity index is 2540. The highest BCUT2D eigenvalue weighted by molar-refractivity contribution is 6.11. The highest BCUT2D eigenvalue weighted by Crippen LogP contribution is 2.60. The summed E-state index contributed by atoms with van der Waals surface area (Å²) < 4.78 is 2.47. The van der Waals surface area contributed by atoms with E-state index in [1.165, 1.54) is 86.8 Å². The van der Waals surface area contributed by atoms with Gasteiger partial charge in [0.25, 0.3) is 0 Å². The molecule has 5 aromatic carbocycles. The van der Waals surface area contributed by atoms with Gasteiger partial charge in [0.1, 0.15) is 0 Å². The molecule has 4 aliphatic rings. The number of nitrogens with one attached hydrogen (secondary N) is 1. The molecular formula is C44H39N5. The van der Waals surface area contributed by atoms with E-state index in [0.717, 1.165) is 22.8 Å². The zero-order chi connectivity index (χ0) is 32.8. The largest absolute Gasteiger partial charge is 0.337 e. The van der Waals surface area contributed by atoms with Gasteiger partial charge in [0.05, 0.1) is 16.7 Å². The highest BCUT2D eigenvalue weighted by Gasteiger charge is 2.48. The monoisotopic (exact) mass is 637 g/mol. The lowest BCUT2D eigenvalue weighted by Gasteiger charge is -2.43. The smallest absolute Gasteiger partial charge is 0.161 e. The van der Waals surface area contributed by atoms with Crippen LogP contribution in [0.2, 0.25) is 0 Å².